The molecule has 7 nitrogen and oxygen atoms in total. The summed E-state index contributed by atoms with van der Waals surface area (Å²) in [5, 5.41) is 10.8. The summed E-state index contributed by atoms with van der Waals surface area (Å²) in [4.78, 5) is 24.3. The first-order valence-corrected chi connectivity index (χ1v) is 11.1. The van der Waals surface area contributed by atoms with Gasteiger partial charge in [0, 0.05) is 56.5 Å². The third-order valence-electron chi connectivity index (χ3n) is 6.37. The molecule has 2 aromatic rings. The molecule has 4 rings (SSSR count). The van der Waals surface area contributed by atoms with Gasteiger partial charge in [0.25, 0.3) is 0 Å². The van der Waals surface area contributed by atoms with Gasteiger partial charge in [-0.1, -0.05) is 19.9 Å². The van der Waals surface area contributed by atoms with E-state index in [0.717, 1.165) is 55.3 Å². The smallest absolute Gasteiger partial charge is 0.227 e. The normalized spacial score (nSPS) is 18.0. The fourth-order valence-corrected chi connectivity index (χ4v) is 4.63. The predicted molar refractivity (Wildman–Crippen MR) is 129 cm³/mol. The number of carbonyl (C=O) groups is 1. The van der Waals surface area contributed by atoms with Gasteiger partial charge in [0.15, 0.2) is 0 Å². The lowest BCUT2D eigenvalue weighted by atomic mass is 9.81. The molecule has 3 heterocycles. The van der Waals surface area contributed by atoms with Crippen LogP contribution in [0.1, 0.15) is 38.7 Å². The van der Waals surface area contributed by atoms with E-state index in [2.05, 4.69) is 59.8 Å². The Morgan fingerprint density at radius 2 is 2.06 bits per heavy atom. The predicted octanol–water partition coefficient (Wildman–Crippen LogP) is 3.12. The highest BCUT2D eigenvalue weighted by Gasteiger charge is 2.43. The quantitative estimate of drug-likeness (QED) is 0.606. The number of halogens is 1. The van der Waals surface area contributed by atoms with Gasteiger partial charge in [-0.3, -0.25) is 4.79 Å². The van der Waals surface area contributed by atoms with Crippen LogP contribution in [0.25, 0.3) is 10.9 Å². The summed E-state index contributed by atoms with van der Waals surface area (Å²) in [6.45, 7) is 10.6. The molecule has 2 aliphatic heterocycles. The molecule has 0 saturated carbocycles. The third kappa shape index (κ3) is 5.21. The Morgan fingerprint density at radius 1 is 1.29 bits per heavy atom. The van der Waals surface area contributed by atoms with Crippen molar-refractivity contribution >= 4 is 41.0 Å². The van der Waals surface area contributed by atoms with Crippen molar-refractivity contribution in [3.63, 3.8) is 0 Å². The number of nitrogens with one attached hydrogen (secondary N) is 3. The van der Waals surface area contributed by atoms with Gasteiger partial charge >= 0.3 is 0 Å². The van der Waals surface area contributed by atoms with Gasteiger partial charge in [0.1, 0.15) is 5.82 Å². The Labute approximate surface area is 191 Å². The van der Waals surface area contributed by atoms with Crippen molar-refractivity contribution < 1.29 is 4.79 Å². The second-order valence-corrected chi connectivity index (χ2v) is 9.52. The van der Waals surface area contributed by atoms with Crippen LogP contribution < -0.4 is 20.9 Å². The average Bonchev–Trinajstić information content (AvgIpc) is 3.13. The zero-order chi connectivity index (χ0) is 21.3. The van der Waals surface area contributed by atoms with Crippen LogP contribution in [0.2, 0.25) is 0 Å². The van der Waals surface area contributed by atoms with Crippen LogP contribution in [0, 0.1) is 18.3 Å². The molecule has 1 atom stereocenters. The van der Waals surface area contributed by atoms with Crippen molar-refractivity contribution in [2.24, 2.45) is 11.3 Å². The van der Waals surface area contributed by atoms with Gasteiger partial charge in [0.05, 0.1) is 5.52 Å². The Hall–Kier alpha value is -2.12. The number of hydrogen-bond acceptors (Lipinski definition) is 6. The Morgan fingerprint density at radius 3 is 2.68 bits per heavy atom. The average molecular weight is 447 g/mol. The molecule has 2 fully saturated rings. The van der Waals surface area contributed by atoms with Crippen molar-refractivity contribution in [2.45, 2.75) is 46.1 Å². The third-order valence-corrected chi connectivity index (χ3v) is 6.37. The monoisotopic (exact) mass is 446 g/mol. The molecule has 31 heavy (non-hydrogen) atoms. The van der Waals surface area contributed by atoms with E-state index < -0.39 is 0 Å². The first kappa shape index (κ1) is 23.5. The summed E-state index contributed by atoms with van der Waals surface area (Å²) in [5.41, 5.74) is 2.53. The van der Waals surface area contributed by atoms with Crippen LogP contribution in [0.15, 0.2) is 18.2 Å². The molecule has 2 saturated heterocycles. The Kier molecular flexibility index (Phi) is 7.27. The van der Waals surface area contributed by atoms with Crippen LogP contribution >= 0.6 is 12.4 Å². The van der Waals surface area contributed by atoms with E-state index >= 15 is 0 Å². The molecule has 0 unspecified atom stereocenters. The highest BCUT2D eigenvalue weighted by atomic mass is 35.5. The number of rotatable bonds is 7. The first-order chi connectivity index (χ1) is 14.4. The number of nitrogens with zero attached hydrogens (tertiary/aromatic N) is 3. The number of anilines is 2. The summed E-state index contributed by atoms with van der Waals surface area (Å²) >= 11 is 0. The molecule has 0 radical (unpaired) electrons. The number of benzene rings is 1. The Balaban J connectivity index is 0.00000272. The van der Waals surface area contributed by atoms with Crippen LogP contribution in [-0.2, 0) is 4.79 Å². The number of fused-ring (bicyclic) bond motifs is 1. The lowest BCUT2D eigenvalue weighted by Crippen LogP contribution is -2.54. The molecular weight excluding hydrogens is 412 g/mol. The maximum absolute atomic E-state index is 12.1. The summed E-state index contributed by atoms with van der Waals surface area (Å²) < 4.78 is 0. The van der Waals surface area contributed by atoms with Crippen LogP contribution in [-0.4, -0.2) is 55.1 Å². The maximum atomic E-state index is 12.1. The number of aromatic nitrogens is 2. The minimum atomic E-state index is 0. The molecule has 1 aromatic carbocycles. The zero-order valence-corrected chi connectivity index (χ0v) is 19.8. The summed E-state index contributed by atoms with van der Waals surface area (Å²) in [6.07, 6.45) is 2.52. The number of carbonyl (C=O) groups excluding carboxylic acids is 1. The van der Waals surface area contributed by atoms with Crippen molar-refractivity contribution in [3.05, 3.63) is 23.8 Å². The topological polar surface area (TPSA) is 82.2 Å². The lowest BCUT2D eigenvalue weighted by molar-refractivity contribution is -0.120. The molecule has 1 spiro atoms. The second kappa shape index (κ2) is 9.57. The van der Waals surface area contributed by atoms with E-state index in [1.165, 1.54) is 12.0 Å². The van der Waals surface area contributed by atoms with Crippen molar-refractivity contribution in [2.75, 3.05) is 43.4 Å². The summed E-state index contributed by atoms with van der Waals surface area (Å²) in [6, 6.07) is 6.33. The molecular formula is C23H35ClN6O. The molecule has 170 valence electrons. The van der Waals surface area contributed by atoms with Gasteiger partial charge in [-0.05, 0) is 43.4 Å². The molecule has 0 aliphatic carbocycles. The molecule has 1 aromatic heterocycles. The molecule has 2 aliphatic rings. The fraction of sp³-hybridized carbons (Fsp3) is 0.609. The highest BCUT2D eigenvalue weighted by Crippen LogP contribution is 2.36. The molecule has 3 N–H and O–H groups in total. The second-order valence-electron chi connectivity index (χ2n) is 9.52. The SMILES string of the molecule is CNC(=O)C[C@H](CC(C)C)Nc1nc(N2CCC3(CNC3)C2)nc2cc(C)ccc12.Cl. The van der Waals surface area contributed by atoms with E-state index in [4.69, 9.17) is 9.97 Å². The minimum absolute atomic E-state index is 0. The van der Waals surface area contributed by atoms with Crippen molar-refractivity contribution in [1.82, 2.24) is 20.6 Å². The van der Waals surface area contributed by atoms with Gasteiger partial charge in [-0.2, -0.15) is 4.98 Å². The van der Waals surface area contributed by atoms with Crippen LogP contribution in [0.5, 0.6) is 0 Å². The van der Waals surface area contributed by atoms with Gasteiger partial charge in [-0.15, -0.1) is 12.4 Å². The lowest BCUT2D eigenvalue weighted by Gasteiger charge is -2.39. The van der Waals surface area contributed by atoms with Crippen LogP contribution in [0.3, 0.4) is 0 Å². The first-order valence-electron chi connectivity index (χ1n) is 11.1. The van der Waals surface area contributed by atoms with E-state index in [1.54, 1.807) is 7.05 Å². The summed E-state index contributed by atoms with van der Waals surface area (Å²) in [7, 11) is 1.69. The molecule has 0 bridgehead atoms. The molecule has 1 amide bonds. The largest absolute Gasteiger partial charge is 0.366 e. The Bertz CT molecular complexity index is 930. The maximum Gasteiger partial charge on any atom is 0.227 e. The van der Waals surface area contributed by atoms with Gasteiger partial charge in [0.2, 0.25) is 11.9 Å². The fourth-order valence-electron chi connectivity index (χ4n) is 4.63. The van der Waals surface area contributed by atoms with E-state index in [0.29, 0.717) is 17.8 Å². The standard InChI is InChI=1S/C23H34N6O.ClH/c1-15(2)9-17(11-20(30)24-4)26-21-18-6-5-16(3)10-19(18)27-22(28-21)29-8-7-23(14-29)12-25-13-23;/h5-6,10,15,17,25H,7-9,11-14H2,1-4H3,(H,24,30)(H,26,27,28);1H/t17-;/m0./s1. The van der Waals surface area contributed by atoms with E-state index in [-0.39, 0.29) is 24.4 Å². The van der Waals surface area contributed by atoms with E-state index in [9.17, 15) is 4.79 Å². The zero-order valence-electron chi connectivity index (χ0n) is 19.0. The van der Waals surface area contributed by atoms with Gasteiger partial charge in [-0.25, -0.2) is 4.98 Å². The van der Waals surface area contributed by atoms with E-state index in [1.807, 2.05) is 0 Å². The molecule has 8 heteroatoms. The summed E-state index contributed by atoms with van der Waals surface area (Å²) in [5.74, 6) is 2.15. The highest BCUT2D eigenvalue weighted by molar-refractivity contribution is 5.91. The van der Waals surface area contributed by atoms with Crippen LogP contribution in [0.4, 0.5) is 11.8 Å². The van der Waals surface area contributed by atoms with Gasteiger partial charge < -0.3 is 20.9 Å². The van der Waals surface area contributed by atoms with Crippen molar-refractivity contribution in [1.29, 1.82) is 0 Å². The number of amides is 1. The number of aryl methyl sites for hydroxylation is 1. The minimum Gasteiger partial charge on any atom is -0.366 e. The van der Waals surface area contributed by atoms with Crippen molar-refractivity contribution in [3.8, 4) is 0 Å². The number of hydrogen-bond donors (Lipinski definition) is 3.